The van der Waals surface area contributed by atoms with Gasteiger partial charge in [0.05, 0.1) is 13.2 Å². The van der Waals surface area contributed by atoms with Crippen molar-refractivity contribution in [1.82, 2.24) is 5.32 Å². The van der Waals surface area contributed by atoms with E-state index < -0.39 is 11.9 Å². The number of nitrogens with one attached hydrogen (secondary N) is 1. The maximum atomic E-state index is 11.1. The lowest BCUT2D eigenvalue weighted by atomic mass is 10.00. The molecule has 0 amide bonds. The molecule has 1 radical (unpaired) electrons. The molecule has 1 atom stereocenters. The van der Waals surface area contributed by atoms with E-state index in [9.17, 15) is 4.79 Å². The second kappa shape index (κ2) is 4.31. The average molecular weight is 177 g/mol. The lowest BCUT2D eigenvalue weighted by Crippen LogP contribution is -2.29. The zero-order chi connectivity index (χ0) is 9.68. The predicted octanol–water partition coefficient (Wildman–Crippen LogP) is 0.504. The van der Waals surface area contributed by atoms with E-state index in [0.29, 0.717) is 6.04 Å². The number of esters is 1. The van der Waals surface area contributed by atoms with Crippen molar-refractivity contribution >= 4 is 5.97 Å². The first-order chi connectivity index (χ1) is 6.29. The molecule has 1 aliphatic rings. The molecule has 1 rings (SSSR count). The number of carbonyl (C=O) groups excluding carboxylic acids is 1. The summed E-state index contributed by atoms with van der Waals surface area (Å²) in [6, 6.07) is 2.40. The van der Waals surface area contributed by atoms with Gasteiger partial charge in [-0.15, -0.1) is 0 Å². The van der Waals surface area contributed by atoms with Gasteiger partial charge in [-0.2, -0.15) is 5.26 Å². The average Bonchev–Trinajstić information content (AvgIpc) is 2.20. The third-order valence-electron chi connectivity index (χ3n) is 1.61. The van der Waals surface area contributed by atoms with Gasteiger partial charge in [0.25, 0.3) is 0 Å². The van der Waals surface area contributed by atoms with Crippen molar-refractivity contribution in [3.8, 4) is 6.07 Å². The summed E-state index contributed by atoms with van der Waals surface area (Å²) in [4.78, 5) is 11.1. The van der Waals surface area contributed by atoms with Crippen LogP contribution in [0.5, 0.6) is 0 Å². The fraction of sp³-hybridized carbons (Fsp3) is 0.222. The monoisotopic (exact) mass is 177 g/mol. The Balaban J connectivity index is 2.68. The van der Waals surface area contributed by atoms with E-state index in [-0.39, 0.29) is 0 Å². The van der Waals surface area contributed by atoms with Crippen molar-refractivity contribution in [2.45, 2.75) is 0 Å². The molecule has 0 aromatic rings. The molecule has 67 valence electrons. The van der Waals surface area contributed by atoms with Crippen molar-refractivity contribution in [1.29, 1.82) is 5.26 Å². The number of nitriles is 1. The highest BCUT2D eigenvalue weighted by Gasteiger charge is 2.28. The fourth-order valence-electron chi connectivity index (χ4n) is 0.954. The number of rotatable bonds is 2. The summed E-state index contributed by atoms with van der Waals surface area (Å²) >= 11 is 0. The van der Waals surface area contributed by atoms with E-state index in [1.54, 1.807) is 24.4 Å². The molecule has 0 bridgehead atoms. The minimum absolute atomic E-state index is 0.539. The first-order valence-corrected chi connectivity index (χ1v) is 3.73. The van der Waals surface area contributed by atoms with Crippen LogP contribution in [0.2, 0.25) is 0 Å². The van der Waals surface area contributed by atoms with Crippen LogP contribution < -0.4 is 5.32 Å². The molecule has 0 aromatic carbocycles. The molecular weight excluding hydrogens is 168 g/mol. The molecule has 0 fully saturated rings. The Morgan fingerprint density at radius 3 is 2.92 bits per heavy atom. The van der Waals surface area contributed by atoms with Crippen LogP contribution in [0.15, 0.2) is 24.4 Å². The van der Waals surface area contributed by atoms with Crippen molar-refractivity contribution < 1.29 is 9.53 Å². The third kappa shape index (κ3) is 2.09. The number of ether oxygens (including phenoxy) is 1. The molecule has 1 aliphatic heterocycles. The van der Waals surface area contributed by atoms with E-state index >= 15 is 0 Å². The summed E-state index contributed by atoms with van der Waals surface area (Å²) < 4.78 is 4.48. The van der Waals surface area contributed by atoms with Gasteiger partial charge in [0.15, 0.2) is 5.92 Å². The smallest absolute Gasteiger partial charge is 0.325 e. The zero-order valence-corrected chi connectivity index (χ0v) is 7.15. The number of nitrogens with zero attached hydrogens (tertiary/aromatic N) is 1. The summed E-state index contributed by atoms with van der Waals surface area (Å²) in [5.41, 5.74) is 0. The molecule has 0 aliphatic carbocycles. The van der Waals surface area contributed by atoms with Crippen molar-refractivity contribution in [2.75, 3.05) is 7.11 Å². The van der Waals surface area contributed by atoms with Gasteiger partial charge in [-0.25, -0.2) is 0 Å². The second-order valence-corrected chi connectivity index (χ2v) is 2.40. The summed E-state index contributed by atoms with van der Waals surface area (Å²) in [6.07, 6.45) is 6.85. The minimum Gasteiger partial charge on any atom is -0.468 e. The molecule has 1 unspecified atom stereocenters. The Bertz CT molecular complexity index is 288. The maximum absolute atomic E-state index is 11.1. The molecule has 13 heavy (non-hydrogen) atoms. The quantitative estimate of drug-likeness (QED) is 0.624. The third-order valence-corrected chi connectivity index (χ3v) is 1.61. The van der Waals surface area contributed by atoms with Crippen LogP contribution in [-0.2, 0) is 9.53 Å². The van der Waals surface area contributed by atoms with E-state index in [2.05, 4.69) is 10.1 Å². The maximum Gasteiger partial charge on any atom is 0.325 e. The number of allylic oxidation sites excluding steroid dienone is 2. The van der Waals surface area contributed by atoms with Gasteiger partial charge in [-0.05, 0) is 12.3 Å². The van der Waals surface area contributed by atoms with Crippen LogP contribution in [0.1, 0.15) is 0 Å². The number of methoxy groups -OCH3 is 1. The molecular formula is C9H9N2O2. The van der Waals surface area contributed by atoms with Crippen LogP contribution >= 0.6 is 0 Å². The molecule has 0 spiro atoms. The Hall–Kier alpha value is -1.76. The molecule has 4 heteroatoms. The van der Waals surface area contributed by atoms with Gasteiger partial charge in [0.1, 0.15) is 6.04 Å². The van der Waals surface area contributed by atoms with Crippen molar-refractivity contribution in [3.63, 3.8) is 0 Å². The molecule has 4 nitrogen and oxygen atoms in total. The van der Waals surface area contributed by atoms with Gasteiger partial charge in [0, 0.05) is 0 Å². The first-order valence-electron chi connectivity index (χ1n) is 3.73. The lowest BCUT2D eigenvalue weighted by Gasteiger charge is -2.17. The Labute approximate surface area is 76.5 Å². The summed E-state index contributed by atoms with van der Waals surface area (Å²) in [6.45, 7) is 0. The highest BCUT2D eigenvalue weighted by atomic mass is 16.5. The normalized spacial score (nSPS) is 17.2. The molecule has 1 heterocycles. The molecule has 0 saturated carbocycles. The van der Waals surface area contributed by atoms with Gasteiger partial charge < -0.3 is 10.1 Å². The molecule has 0 saturated heterocycles. The minimum atomic E-state index is -0.869. The second-order valence-electron chi connectivity index (χ2n) is 2.40. The van der Waals surface area contributed by atoms with Crippen LogP contribution in [0.4, 0.5) is 0 Å². The SMILES string of the molecule is COC(=O)C(C#N)[C]1C=CC=CN1. The van der Waals surface area contributed by atoms with Gasteiger partial charge in [0.2, 0.25) is 0 Å². The number of carbonyl (C=O) groups is 1. The zero-order valence-electron chi connectivity index (χ0n) is 7.15. The highest BCUT2D eigenvalue weighted by molar-refractivity contribution is 5.78. The fourth-order valence-corrected chi connectivity index (χ4v) is 0.954. The van der Waals surface area contributed by atoms with Gasteiger partial charge in [-0.3, -0.25) is 4.79 Å². The van der Waals surface area contributed by atoms with Crippen molar-refractivity contribution in [3.05, 3.63) is 30.5 Å². The summed E-state index contributed by atoms with van der Waals surface area (Å²) in [5, 5.41) is 11.5. The Morgan fingerprint density at radius 2 is 2.46 bits per heavy atom. The first kappa shape index (κ1) is 9.33. The van der Waals surface area contributed by atoms with Crippen LogP contribution in [0.3, 0.4) is 0 Å². The number of hydrogen-bond acceptors (Lipinski definition) is 4. The number of dihydropyridines is 1. The van der Waals surface area contributed by atoms with Crippen LogP contribution in [-0.4, -0.2) is 13.1 Å². The number of hydrogen-bond donors (Lipinski definition) is 1. The molecule has 1 N–H and O–H groups in total. The van der Waals surface area contributed by atoms with Crippen LogP contribution in [0, 0.1) is 23.3 Å². The summed E-state index contributed by atoms with van der Waals surface area (Å²) in [7, 11) is 1.26. The summed E-state index contributed by atoms with van der Waals surface area (Å²) in [5.74, 6) is -1.42. The topological polar surface area (TPSA) is 62.1 Å². The predicted molar refractivity (Wildman–Crippen MR) is 45.8 cm³/mol. The highest BCUT2D eigenvalue weighted by Crippen LogP contribution is 2.16. The standard InChI is InChI=1S/C9H9N2O2/c1-13-9(12)7(6-10)8-4-2-3-5-11-8/h2-5,7,11H,1H3. The largest absolute Gasteiger partial charge is 0.468 e. The Morgan fingerprint density at radius 1 is 1.69 bits per heavy atom. The van der Waals surface area contributed by atoms with E-state index in [0.717, 1.165) is 0 Å². The van der Waals surface area contributed by atoms with Crippen molar-refractivity contribution in [2.24, 2.45) is 5.92 Å². The Kier molecular flexibility index (Phi) is 3.09. The van der Waals surface area contributed by atoms with Crippen LogP contribution in [0.25, 0.3) is 0 Å². The van der Waals surface area contributed by atoms with Gasteiger partial charge in [-0.1, -0.05) is 12.2 Å². The van der Waals surface area contributed by atoms with E-state index in [1.807, 2.05) is 6.07 Å². The van der Waals surface area contributed by atoms with E-state index in [1.165, 1.54) is 7.11 Å². The molecule has 0 aromatic heterocycles. The van der Waals surface area contributed by atoms with E-state index in [4.69, 9.17) is 5.26 Å². The lowest BCUT2D eigenvalue weighted by molar-refractivity contribution is -0.142. The van der Waals surface area contributed by atoms with Gasteiger partial charge >= 0.3 is 5.97 Å².